The van der Waals surface area contributed by atoms with Crippen LogP contribution in [0, 0.1) is 0 Å². The van der Waals surface area contributed by atoms with Crippen molar-refractivity contribution < 1.29 is 28.6 Å². The van der Waals surface area contributed by atoms with Crippen LogP contribution in [-0.4, -0.2) is 37.2 Å². The number of unbranched alkanes of at least 4 members (excludes halogenated alkanes) is 33. The molecule has 0 amide bonds. The Balaban J connectivity index is 4.24. The van der Waals surface area contributed by atoms with E-state index >= 15 is 0 Å². The van der Waals surface area contributed by atoms with Crippen molar-refractivity contribution in [3.8, 4) is 0 Å². The molecule has 0 aromatic heterocycles. The maximum atomic E-state index is 12.8. The summed E-state index contributed by atoms with van der Waals surface area (Å²) in [6.07, 6.45) is 66.8. The molecule has 0 bridgehead atoms. The van der Waals surface area contributed by atoms with E-state index in [-0.39, 0.29) is 31.1 Å². The molecule has 66 heavy (non-hydrogen) atoms. The van der Waals surface area contributed by atoms with Crippen LogP contribution >= 0.6 is 0 Å². The van der Waals surface area contributed by atoms with Crippen molar-refractivity contribution in [3.05, 3.63) is 48.6 Å². The monoisotopic (exact) mass is 925 g/mol. The largest absolute Gasteiger partial charge is 0.462 e. The van der Waals surface area contributed by atoms with Crippen LogP contribution in [0.2, 0.25) is 0 Å². The predicted octanol–water partition coefficient (Wildman–Crippen LogP) is 19.0. The number of allylic oxidation sites excluding steroid dienone is 8. The van der Waals surface area contributed by atoms with Gasteiger partial charge in [-0.25, -0.2) is 0 Å². The average Bonchev–Trinajstić information content (AvgIpc) is 3.31. The van der Waals surface area contributed by atoms with Crippen molar-refractivity contribution in [1.82, 2.24) is 0 Å². The van der Waals surface area contributed by atoms with Crippen LogP contribution in [0.25, 0.3) is 0 Å². The summed E-state index contributed by atoms with van der Waals surface area (Å²) in [7, 11) is 0. The highest BCUT2D eigenvalue weighted by molar-refractivity contribution is 5.71. The summed E-state index contributed by atoms with van der Waals surface area (Å²) in [4.78, 5) is 38.1. The molecule has 6 nitrogen and oxygen atoms in total. The van der Waals surface area contributed by atoms with Crippen LogP contribution in [0.1, 0.15) is 297 Å². The normalized spacial score (nSPS) is 12.3. The number of ether oxygens (including phenoxy) is 3. The van der Waals surface area contributed by atoms with Gasteiger partial charge in [-0.1, -0.05) is 268 Å². The zero-order valence-corrected chi connectivity index (χ0v) is 44.0. The standard InChI is InChI=1S/C60H108O6/c1-4-7-10-13-16-19-22-24-26-27-28-29-30-31-32-33-35-36-38-41-44-47-50-53-59(62)65-56-57(55-64-58(61)52-49-46-43-40-21-18-15-12-9-6-3)66-60(63)54-51-48-45-42-39-37-34-25-23-20-17-14-11-8-5-2/h7,10,16,19,24,26,28-29,57H,4-6,8-9,11-15,17-18,20-23,25,27,30-56H2,1-3H3/b10-7-,19-16-,26-24-,29-28-. The molecule has 1 atom stereocenters. The lowest BCUT2D eigenvalue weighted by molar-refractivity contribution is -0.167. The van der Waals surface area contributed by atoms with Crippen LogP contribution in [0.15, 0.2) is 48.6 Å². The van der Waals surface area contributed by atoms with E-state index in [1.807, 2.05) is 0 Å². The van der Waals surface area contributed by atoms with Gasteiger partial charge in [-0.2, -0.15) is 0 Å². The number of rotatable bonds is 52. The van der Waals surface area contributed by atoms with Crippen molar-refractivity contribution in [2.24, 2.45) is 0 Å². The molecule has 0 spiro atoms. The van der Waals surface area contributed by atoms with Crippen molar-refractivity contribution in [2.75, 3.05) is 13.2 Å². The van der Waals surface area contributed by atoms with E-state index in [1.54, 1.807) is 0 Å². The highest BCUT2D eigenvalue weighted by atomic mass is 16.6. The van der Waals surface area contributed by atoms with Gasteiger partial charge in [-0.15, -0.1) is 0 Å². The summed E-state index contributed by atoms with van der Waals surface area (Å²) in [5.41, 5.74) is 0. The first-order valence-electron chi connectivity index (χ1n) is 28.6. The van der Waals surface area contributed by atoms with E-state index in [0.29, 0.717) is 19.3 Å². The first kappa shape index (κ1) is 63.4. The fourth-order valence-electron chi connectivity index (χ4n) is 8.32. The molecular formula is C60H108O6. The fourth-order valence-corrected chi connectivity index (χ4v) is 8.32. The Kier molecular flexibility index (Phi) is 52.8. The minimum atomic E-state index is -0.769. The summed E-state index contributed by atoms with van der Waals surface area (Å²) >= 11 is 0. The number of esters is 3. The molecule has 0 saturated heterocycles. The summed E-state index contributed by atoms with van der Waals surface area (Å²) in [6, 6.07) is 0. The molecule has 0 saturated carbocycles. The van der Waals surface area contributed by atoms with Crippen LogP contribution in [0.4, 0.5) is 0 Å². The van der Waals surface area contributed by atoms with Crippen LogP contribution in [0.3, 0.4) is 0 Å². The predicted molar refractivity (Wildman–Crippen MR) is 284 cm³/mol. The van der Waals surface area contributed by atoms with Gasteiger partial charge in [-0.05, 0) is 57.8 Å². The second-order valence-electron chi connectivity index (χ2n) is 19.2. The minimum absolute atomic E-state index is 0.0697. The molecule has 0 rings (SSSR count). The summed E-state index contributed by atoms with van der Waals surface area (Å²) < 4.78 is 16.8. The molecule has 0 aliphatic rings. The lowest BCUT2D eigenvalue weighted by Gasteiger charge is -2.18. The van der Waals surface area contributed by atoms with Crippen LogP contribution in [-0.2, 0) is 28.6 Å². The highest BCUT2D eigenvalue weighted by Crippen LogP contribution is 2.16. The molecule has 0 fully saturated rings. The molecule has 6 heteroatoms. The first-order valence-corrected chi connectivity index (χ1v) is 28.6. The van der Waals surface area contributed by atoms with Crippen molar-refractivity contribution >= 4 is 17.9 Å². The second kappa shape index (κ2) is 55.0. The lowest BCUT2D eigenvalue weighted by Crippen LogP contribution is -2.30. The van der Waals surface area contributed by atoms with Gasteiger partial charge in [0.1, 0.15) is 13.2 Å². The maximum Gasteiger partial charge on any atom is 0.306 e. The van der Waals surface area contributed by atoms with Crippen LogP contribution < -0.4 is 0 Å². The second-order valence-corrected chi connectivity index (χ2v) is 19.2. The van der Waals surface area contributed by atoms with E-state index < -0.39 is 6.10 Å². The van der Waals surface area contributed by atoms with E-state index in [0.717, 1.165) is 83.5 Å². The molecule has 0 aromatic carbocycles. The van der Waals surface area contributed by atoms with Crippen molar-refractivity contribution in [1.29, 1.82) is 0 Å². The average molecular weight is 926 g/mol. The summed E-state index contributed by atoms with van der Waals surface area (Å²) in [5, 5.41) is 0. The molecule has 0 radical (unpaired) electrons. The van der Waals surface area contributed by atoms with Gasteiger partial charge < -0.3 is 14.2 Å². The van der Waals surface area contributed by atoms with E-state index in [2.05, 4.69) is 69.4 Å². The third kappa shape index (κ3) is 52.3. The van der Waals surface area contributed by atoms with Gasteiger partial charge in [0, 0.05) is 19.3 Å². The molecule has 0 N–H and O–H groups in total. The number of hydrogen-bond donors (Lipinski definition) is 0. The number of carbonyl (C=O) groups is 3. The molecule has 0 aromatic rings. The number of carbonyl (C=O) groups excluding carboxylic acids is 3. The topological polar surface area (TPSA) is 78.9 Å². The van der Waals surface area contributed by atoms with Gasteiger partial charge >= 0.3 is 17.9 Å². The van der Waals surface area contributed by atoms with E-state index in [4.69, 9.17) is 14.2 Å². The molecule has 0 aliphatic heterocycles. The fraction of sp³-hybridized carbons (Fsp3) is 0.817. The zero-order valence-electron chi connectivity index (χ0n) is 44.0. The van der Waals surface area contributed by atoms with Crippen molar-refractivity contribution in [3.63, 3.8) is 0 Å². The van der Waals surface area contributed by atoms with E-state index in [9.17, 15) is 14.4 Å². The summed E-state index contributed by atoms with van der Waals surface area (Å²) in [5.74, 6) is -0.860. The SMILES string of the molecule is CC/C=C\C/C=C\C/C=C\C/C=C\CCCCCCCCCCCCC(=O)OCC(COC(=O)CCCCCCCCCCCC)OC(=O)CCCCCCCCCCCCCCCCC. The zero-order chi connectivity index (χ0) is 47.9. The third-order valence-electron chi connectivity index (χ3n) is 12.6. The van der Waals surface area contributed by atoms with Gasteiger partial charge in [0.25, 0.3) is 0 Å². The highest BCUT2D eigenvalue weighted by Gasteiger charge is 2.19. The van der Waals surface area contributed by atoms with Crippen molar-refractivity contribution in [2.45, 2.75) is 303 Å². The Morgan fingerprint density at radius 3 is 0.924 bits per heavy atom. The van der Waals surface area contributed by atoms with Gasteiger partial charge in [0.05, 0.1) is 0 Å². The Labute approximate surface area is 409 Å². The first-order chi connectivity index (χ1) is 32.5. The third-order valence-corrected chi connectivity index (χ3v) is 12.6. The molecular weight excluding hydrogens is 817 g/mol. The smallest absolute Gasteiger partial charge is 0.306 e. The van der Waals surface area contributed by atoms with E-state index in [1.165, 1.54) is 173 Å². The maximum absolute atomic E-state index is 12.8. The molecule has 1 unspecified atom stereocenters. The summed E-state index contributed by atoms with van der Waals surface area (Å²) in [6.45, 7) is 6.55. The van der Waals surface area contributed by atoms with Gasteiger partial charge in [0.2, 0.25) is 0 Å². The van der Waals surface area contributed by atoms with Gasteiger partial charge in [-0.3, -0.25) is 14.4 Å². The molecule has 384 valence electrons. The van der Waals surface area contributed by atoms with Crippen LogP contribution in [0.5, 0.6) is 0 Å². The Bertz CT molecular complexity index is 1150. The Hall–Kier alpha value is -2.63. The lowest BCUT2D eigenvalue weighted by atomic mass is 10.0. The quantitative estimate of drug-likeness (QED) is 0.0262. The minimum Gasteiger partial charge on any atom is -0.462 e. The Morgan fingerprint density at radius 1 is 0.318 bits per heavy atom. The molecule has 0 heterocycles. The Morgan fingerprint density at radius 2 is 0.591 bits per heavy atom. The molecule has 0 aliphatic carbocycles. The van der Waals surface area contributed by atoms with Gasteiger partial charge in [0.15, 0.2) is 6.10 Å². The number of hydrogen-bond acceptors (Lipinski definition) is 6.